The van der Waals surface area contributed by atoms with Crippen LogP contribution in [0.4, 0.5) is 4.79 Å². The van der Waals surface area contributed by atoms with Gasteiger partial charge in [-0.2, -0.15) is 0 Å². The number of ether oxygens (including phenoxy) is 1. The van der Waals surface area contributed by atoms with Gasteiger partial charge in [0.05, 0.1) is 6.61 Å². The third kappa shape index (κ3) is 6.57. The number of hydrogen-bond donors (Lipinski definition) is 1. The summed E-state index contributed by atoms with van der Waals surface area (Å²) < 4.78 is 5.21. The average molecular weight is 279 g/mol. The van der Waals surface area contributed by atoms with Crippen LogP contribution in [0.25, 0.3) is 0 Å². The third-order valence-electron chi connectivity index (χ3n) is 2.78. The summed E-state index contributed by atoms with van der Waals surface area (Å²) in [6.07, 6.45) is 2.05. The Morgan fingerprint density at radius 1 is 1.20 bits per heavy atom. The lowest BCUT2D eigenvalue weighted by atomic mass is 10.2. The minimum Gasteiger partial charge on any atom is -0.444 e. The molecule has 0 atom stereocenters. The van der Waals surface area contributed by atoms with Crippen molar-refractivity contribution in [3.63, 3.8) is 0 Å². The zero-order valence-corrected chi connectivity index (χ0v) is 12.6. The molecule has 0 saturated carbocycles. The van der Waals surface area contributed by atoms with E-state index in [2.05, 4.69) is 0 Å². The number of aliphatic hydroxyl groups excluding tert-OH is 1. The minimum absolute atomic E-state index is 0.140. The highest BCUT2D eigenvalue weighted by Gasteiger charge is 2.23. The van der Waals surface area contributed by atoms with E-state index < -0.39 is 0 Å². The van der Waals surface area contributed by atoms with Crippen molar-refractivity contribution < 1.29 is 14.6 Å². The summed E-state index contributed by atoms with van der Waals surface area (Å²) >= 11 is 0. The highest BCUT2D eigenvalue weighted by atomic mass is 16.6. The molecule has 1 saturated heterocycles. The Bertz CT molecular complexity index is 392. The summed E-state index contributed by atoms with van der Waals surface area (Å²) in [5.41, 5.74) is 0.604. The molecule has 1 aromatic rings. The molecule has 1 heterocycles. The molecule has 2 rings (SSSR count). The predicted octanol–water partition coefficient (Wildman–Crippen LogP) is 3.20. The SMILES string of the molecule is CC(C)(C)OC(=O)N1CCCC1.OCc1ccccc1. The second-order valence-electron chi connectivity index (χ2n) is 5.82. The Morgan fingerprint density at radius 3 is 2.15 bits per heavy atom. The molecule has 1 aliphatic heterocycles. The number of likely N-dealkylation sites (tertiary alicyclic amines) is 1. The molecule has 0 aliphatic carbocycles. The van der Waals surface area contributed by atoms with Gasteiger partial charge in [0.15, 0.2) is 0 Å². The Morgan fingerprint density at radius 2 is 1.75 bits per heavy atom. The van der Waals surface area contributed by atoms with Gasteiger partial charge >= 0.3 is 6.09 Å². The standard InChI is InChI=1S/C9H17NO2.C7H8O/c1-9(2,3)12-8(11)10-6-4-5-7-10;8-6-7-4-2-1-3-5-7/h4-7H2,1-3H3;1-5,8H,6H2. The quantitative estimate of drug-likeness (QED) is 0.859. The van der Waals surface area contributed by atoms with E-state index in [9.17, 15) is 4.79 Å². The fourth-order valence-electron chi connectivity index (χ4n) is 1.81. The lowest BCUT2D eigenvalue weighted by molar-refractivity contribution is 0.0295. The molecule has 4 nitrogen and oxygen atoms in total. The van der Waals surface area contributed by atoms with Crippen molar-refractivity contribution in [2.75, 3.05) is 13.1 Å². The Kier molecular flexibility index (Phi) is 6.52. The van der Waals surface area contributed by atoms with Crippen LogP contribution in [0.1, 0.15) is 39.2 Å². The largest absolute Gasteiger partial charge is 0.444 e. The van der Waals surface area contributed by atoms with Crippen molar-refractivity contribution in [2.24, 2.45) is 0 Å². The second kappa shape index (κ2) is 7.90. The van der Waals surface area contributed by atoms with Crippen molar-refractivity contribution in [1.29, 1.82) is 0 Å². The maximum absolute atomic E-state index is 11.4. The number of carbonyl (C=O) groups is 1. The van der Waals surface area contributed by atoms with Gasteiger partial charge in [-0.25, -0.2) is 4.79 Å². The van der Waals surface area contributed by atoms with E-state index in [4.69, 9.17) is 9.84 Å². The molecule has 0 radical (unpaired) electrons. The number of nitrogens with zero attached hydrogens (tertiary/aromatic N) is 1. The molecule has 1 fully saturated rings. The number of rotatable bonds is 1. The Hall–Kier alpha value is -1.55. The molecule has 0 spiro atoms. The van der Waals surface area contributed by atoms with E-state index in [-0.39, 0.29) is 18.3 Å². The fourth-order valence-corrected chi connectivity index (χ4v) is 1.81. The van der Waals surface area contributed by atoms with Crippen molar-refractivity contribution in [3.05, 3.63) is 35.9 Å². The lowest BCUT2D eigenvalue weighted by Crippen LogP contribution is -2.34. The molecular weight excluding hydrogens is 254 g/mol. The van der Waals surface area contributed by atoms with Crippen LogP contribution in [0.5, 0.6) is 0 Å². The van der Waals surface area contributed by atoms with Crippen LogP contribution in [0.3, 0.4) is 0 Å². The van der Waals surface area contributed by atoms with Crippen LogP contribution in [0.2, 0.25) is 0 Å². The Balaban J connectivity index is 0.000000217. The van der Waals surface area contributed by atoms with Gasteiger partial charge in [-0.15, -0.1) is 0 Å². The van der Waals surface area contributed by atoms with Gasteiger partial charge in [-0.05, 0) is 39.2 Å². The summed E-state index contributed by atoms with van der Waals surface area (Å²) in [6, 6.07) is 9.52. The van der Waals surface area contributed by atoms with Gasteiger partial charge < -0.3 is 14.7 Å². The van der Waals surface area contributed by atoms with Crippen molar-refractivity contribution >= 4 is 6.09 Å². The summed E-state index contributed by atoms with van der Waals surface area (Å²) in [4.78, 5) is 13.1. The number of benzene rings is 1. The minimum atomic E-state index is -0.361. The molecule has 20 heavy (non-hydrogen) atoms. The van der Waals surface area contributed by atoms with E-state index in [0.29, 0.717) is 0 Å². The Labute approximate surface area is 121 Å². The number of amides is 1. The first kappa shape index (κ1) is 16.5. The summed E-state index contributed by atoms with van der Waals surface area (Å²) in [5, 5.41) is 8.54. The van der Waals surface area contributed by atoms with E-state index in [1.54, 1.807) is 4.90 Å². The lowest BCUT2D eigenvalue weighted by Gasteiger charge is -2.23. The second-order valence-corrected chi connectivity index (χ2v) is 5.82. The van der Waals surface area contributed by atoms with Crippen LogP contribution in [-0.2, 0) is 11.3 Å². The summed E-state index contributed by atoms with van der Waals surface area (Å²) in [7, 11) is 0. The highest BCUT2D eigenvalue weighted by Crippen LogP contribution is 2.14. The zero-order valence-electron chi connectivity index (χ0n) is 12.6. The summed E-state index contributed by atoms with van der Waals surface area (Å²) in [6.45, 7) is 7.52. The van der Waals surface area contributed by atoms with Gasteiger partial charge in [0.25, 0.3) is 0 Å². The molecule has 1 aromatic carbocycles. The third-order valence-corrected chi connectivity index (χ3v) is 2.78. The molecule has 112 valence electrons. The molecule has 1 amide bonds. The van der Waals surface area contributed by atoms with Gasteiger partial charge in [-0.3, -0.25) is 0 Å². The molecule has 0 aromatic heterocycles. The van der Waals surface area contributed by atoms with Crippen molar-refractivity contribution in [2.45, 2.75) is 45.8 Å². The van der Waals surface area contributed by atoms with Crippen LogP contribution in [-0.4, -0.2) is 34.8 Å². The molecule has 4 heteroatoms. The van der Waals surface area contributed by atoms with E-state index in [0.717, 1.165) is 31.5 Å². The van der Waals surface area contributed by atoms with Crippen molar-refractivity contribution in [3.8, 4) is 0 Å². The fraction of sp³-hybridized carbons (Fsp3) is 0.562. The van der Waals surface area contributed by atoms with E-state index >= 15 is 0 Å². The van der Waals surface area contributed by atoms with Crippen LogP contribution in [0.15, 0.2) is 30.3 Å². The van der Waals surface area contributed by atoms with Gasteiger partial charge in [0.1, 0.15) is 5.60 Å². The smallest absolute Gasteiger partial charge is 0.410 e. The van der Waals surface area contributed by atoms with E-state index in [1.165, 1.54) is 0 Å². The van der Waals surface area contributed by atoms with Gasteiger partial charge in [0, 0.05) is 13.1 Å². The monoisotopic (exact) mass is 279 g/mol. The first-order chi connectivity index (χ1) is 9.42. The van der Waals surface area contributed by atoms with Gasteiger partial charge in [-0.1, -0.05) is 30.3 Å². The average Bonchev–Trinajstić information content (AvgIpc) is 2.92. The first-order valence-electron chi connectivity index (χ1n) is 7.05. The molecular formula is C16H25NO3. The maximum Gasteiger partial charge on any atom is 0.410 e. The van der Waals surface area contributed by atoms with Crippen LogP contribution >= 0.6 is 0 Å². The maximum atomic E-state index is 11.4. The van der Waals surface area contributed by atoms with Gasteiger partial charge in [0.2, 0.25) is 0 Å². The molecule has 0 unspecified atom stereocenters. The molecule has 1 N–H and O–H groups in total. The highest BCUT2D eigenvalue weighted by molar-refractivity contribution is 5.68. The first-order valence-corrected chi connectivity index (χ1v) is 7.05. The normalized spacial score (nSPS) is 14.5. The zero-order chi connectivity index (χ0) is 15.0. The molecule has 0 bridgehead atoms. The number of carbonyl (C=O) groups excluding carboxylic acids is 1. The number of aliphatic hydroxyl groups is 1. The molecule has 1 aliphatic rings. The van der Waals surface area contributed by atoms with E-state index in [1.807, 2.05) is 51.1 Å². The van der Waals surface area contributed by atoms with Crippen LogP contribution in [0, 0.1) is 0 Å². The van der Waals surface area contributed by atoms with Crippen LogP contribution < -0.4 is 0 Å². The number of hydrogen-bond acceptors (Lipinski definition) is 3. The predicted molar refractivity (Wildman–Crippen MR) is 79.4 cm³/mol. The topological polar surface area (TPSA) is 49.8 Å². The van der Waals surface area contributed by atoms with Crippen molar-refractivity contribution in [1.82, 2.24) is 4.90 Å². The summed E-state index contributed by atoms with van der Waals surface area (Å²) in [5.74, 6) is 0.